The lowest BCUT2D eigenvalue weighted by Gasteiger charge is -2.35. The fraction of sp³-hybridized carbons (Fsp3) is 0.579. The molecular formula is C19H27N3O. The van der Waals surface area contributed by atoms with Crippen LogP contribution in [0.3, 0.4) is 0 Å². The molecule has 2 aliphatic rings. The SMILES string of the molecule is COc1cc(C)c2[nH]ccc2c1CN1CCN(CC2CC2)CC1. The average molecular weight is 313 g/mol. The van der Waals surface area contributed by atoms with Gasteiger partial charge >= 0.3 is 0 Å². The number of piperazine rings is 1. The minimum absolute atomic E-state index is 0.981. The fourth-order valence-corrected chi connectivity index (χ4v) is 3.80. The van der Waals surface area contributed by atoms with E-state index in [0.29, 0.717) is 0 Å². The average Bonchev–Trinajstić information content (AvgIpc) is 3.23. The van der Waals surface area contributed by atoms with Crippen molar-refractivity contribution in [3.63, 3.8) is 0 Å². The van der Waals surface area contributed by atoms with E-state index < -0.39 is 0 Å². The molecule has 1 aromatic carbocycles. The molecule has 1 saturated heterocycles. The first-order valence-corrected chi connectivity index (χ1v) is 8.83. The first-order valence-electron chi connectivity index (χ1n) is 8.83. The molecule has 0 spiro atoms. The van der Waals surface area contributed by atoms with Crippen molar-refractivity contribution < 1.29 is 4.74 Å². The third-order valence-electron chi connectivity index (χ3n) is 5.39. The molecule has 4 rings (SSSR count). The van der Waals surface area contributed by atoms with Crippen LogP contribution in [0.1, 0.15) is 24.0 Å². The number of benzene rings is 1. The summed E-state index contributed by atoms with van der Waals surface area (Å²) in [6, 6.07) is 4.35. The van der Waals surface area contributed by atoms with Crippen LogP contribution in [0.15, 0.2) is 18.3 Å². The largest absolute Gasteiger partial charge is 0.496 e. The van der Waals surface area contributed by atoms with Gasteiger partial charge in [0.15, 0.2) is 0 Å². The summed E-state index contributed by atoms with van der Waals surface area (Å²) in [5, 5.41) is 1.31. The molecule has 4 nitrogen and oxygen atoms in total. The number of H-pyrrole nitrogens is 1. The van der Waals surface area contributed by atoms with E-state index in [2.05, 4.69) is 33.8 Å². The van der Waals surface area contributed by atoms with E-state index in [1.54, 1.807) is 7.11 Å². The van der Waals surface area contributed by atoms with E-state index >= 15 is 0 Å². The van der Waals surface area contributed by atoms with Gasteiger partial charge in [-0.1, -0.05) is 0 Å². The van der Waals surface area contributed by atoms with Crippen molar-refractivity contribution in [2.24, 2.45) is 5.92 Å². The van der Waals surface area contributed by atoms with Crippen molar-refractivity contribution in [1.82, 2.24) is 14.8 Å². The van der Waals surface area contributed by atoms with Gasteiger partial charge in [-0.25, -0.2) is 0 Å². The molecule has 0 atom stereocenters. The molecule has 2 fully saturated rings. The molecule has 1 saturated carbocycles. The molecule has 0 amide bonds. The van der Waals surface area contributed by atoms with Crippen LogP contribution in [0.2, 0.25) is 0 Å². The minimum Gasteiger partial charge on any atom is -0.496 e. The lowest BCUT2D eigenvalue weighted by Crippen LogP contribution is -2.46. The topological polar surface area (TPSA) is 31.5 Å². The molecule has 1 aliphatic carbocycles. The van der Waals surface area contributed by atoms with Gasteiger partial charge in [-0.3, -0.25) is 4.90 Å². The number of aromatic amines is 1. The molecule has 1 N–H and O–H groups in total. The molecule has 2 heterocycles. The quantitative estimate of drug-likeness (QED) is 0.921. The normalized spacial score (nSPS) is 20.3. The molecule has 124 valence electrons. The summed E-state index contributed by atoms with van der Waals surface area (Å²) in [4.78, 5) is 8.59. The second-order valence-electron chi connectivity index (χ2n) is 7.16. The zero-order valence-electron chi connectivity index (χ0n) is 14.3. The predicted molar refractivity (Wildman–Crippen MR) is 94.0 cm³/mol. The Labute approximate surface area is 138 Å². The number of aryl methyl sites for hydroxylation is 1. The van der Waals surface area contributed by atoms with Crippen LogP contribution in [-0.4, -0.2) is 54.6 Å². The minimum atomic E-state index is 0.981. The molecule has 4 heteroatoms. The number of methoxy groups -OCH3 is 1. The molecule has 0 unspecified atom stereocenters. The molecule has 0 radical (unpaired) electrons. The van der Waals surface area contributed by atoms with Crippen LogP contribution in [0.5, 0.6) is 5.75 Å². The van der Waals surface area contributed by atoms with Crippen LogP contribution in [0.25, 0.3) is 10.9 Å². The number of ether oxygens (including phenoxy) is 1. The van der Waals surface area contributed by atoms with Gasteiger partial charge in [-0.15, -0.1) is 0 Å². The zero-order valence-corrected chi connectivity index (χ0v) is 14.3. The zero-order chi connectivity index (χ0) is 15.8. The van der Waals surface area contributed by atoms with Gasteiger partial charge in [-0.05, 0) is 43.4 Å². The van der Waals surface area contributed by atoms with Gasteiger partial charge in [0.25, 0.3) is 0 Å². The van der Waals surface area contributed by atoms with E-state index in [4.69, 9.17) is 4.74 Å². The summed E-state index contributed by atoms with van der Waals surface area (Å²) >= 11 is 0. The number of fused-ring (bicyclic) bond motifs is 1. The predicted octanol–water partition coefficient (Wildman–Crippen LogP) is 3.01. The Hall–Kier alpha value is -1.52. The Kier molecular flexibility index (Phi) is 4.04. The lowest BCUT2D eigenvalue weighted by atomic mass is 10.0. The monoisotopic (exact) mass is 313 g/mol. The van der Waals surface area contributed by atoms with Crippen LogP contribution < -0.4 is 4.74 Å². The van der Waals surface area contributed by atoms with E-state index in [-0.39, 0.29) is 0 Å². The summed E-state index contributed by atoms with van der Waals surface area (Å²) in [6.45, 7) is 9.19. The number of hydrogen-bond donors (Lipinski definition) is 1. The summed E-state index contributed by atoms with van der Waals surface area (Å²) in [5.74, 6) is 2.02. The van der Waals surface area contributed by atoms with Gasteiger partial charge in [0.1, 0.15) is 5.75 Å². The highest BCUT2D eigenvalue weighted by molar-refractivity contribution is 5.88. The highest BCUT2D eigenvalue weighted by Crippen LogP contribution is 2.32. The maximum Gasteiger partial charge on any atom is 0.124 e. The maximum atomic E-state index is 5.68. The second kappa shape index (κ2) is 6.17. The van der Waals surface area contributed by atoms with E-state index in [1.807, 2.05) is 6.20 Å². The summed E-state index contributed by atoms with van der Waals surface area (Å²) in [7, 11) is 1.78. The molecule has 2 aromatic rings. The van der Waals surface area contributed by atoms with Gasteiger partial charge in [0.05, 0.1) is 7.11 Å². The highest BCUT2D eigenvalue weighted by Gasteiger charge is 2.26. The summed E-state index contributed by atoms with van der Waals surface area (Å²) in [5.41, 5.74) is 3.82. The third kappa shape index (κ3) is 3.10. The number of rotatable bonds is 5. The van der Waals surface area contributed by atoms with E-state index in [9.17, 15) is 0 Å². The van der Waals surface area contributed by atoms with E-state index in [1.165, 1.54) is 54.5 Å². The Morgan fingerprint density at radius 3 is 2.61 bits per heavy atom. The van der Waals surface area contributed by atoms with E-state index in [0.717, 1.165) is 31.3 Å². The number of hydrogen-bond acceptors (Lipinski definition) is 3. The molecule has 1 aliphatic heterocycles. The molecule has 0 bridgehead atoms. The van der Waals surface area contributed by atoms with Crippen molar-refractivity contribution in [3.8, 4) is 5.75 Å². The first-order chi connectivity index (χ1) is 11.2. The number of aromatic nitrogens is 1. The number of nitrogens with zero attached hydrogens (tertiary/aromatic N) is 2. The Morgan fingerprint density at radius 1 is 1.17 bits per heavy atom. The van der Waals surface area contributed by atoms with Crippen LogP contribution >= 0.6 is 0 Å². The Morgan fingerprint density at radius 2 is 1.91 bits per heavy atom. The van der Waals surface area contributed by atoms with Crippen molar-refractivity contribution in [3.05, 3.63) is 29.5 Å². The smallest absolute Gasteiger partial charge is 0.124 e. The van der Waals surface area contributed by atoms with Gasteiger partial charge in [-0.2, -0.15) is 0 Å². The van der Waals surface area contributed by atoms with Crippen molar-refractivity contribution in [2.45, 2.75) is 26.3 Å². The fourth-order valence-electron chi connectivity index (χ4n) is 3.80. The molecule has 1 aromatic heterocycles. The Bertz CT molecular complexity index is 681. The van der Waals surface area contributed by atoms with Gasteiger partial charge in [0, 0.05) is 61.9 Å². The standard InChI is InChI=1S/C19H27N3O/c1-14-11-18(23-2)17(16-5-6-20-19(14)16)13-22-9-7-21(8-10-22)12-15-3-4-15/h5-6,11,15,20H,3-4,7-10,12-13H2,1-2H3. The number of nitrogens with one attached hydrogen (secondary N) is 1. The summed E-state index contributed by atoms with van der Waals surface area (Å²) < 4.78 is 5.68. The highest BCUT2D eigenvalue weighted by atomic mass is 16.5. The maximum absolute atomic E-state index is 5.68. The second-order valence-corrected chi connectivity index (χ2v) is 7.16. The van der Waals surface area contributed by atoms with Gasteiger partial charge in [0.2, 0.25) is 0 Å². The van der Waals surface area contributed by atoms with Gasteiger partial charge < -0.3 is 14.6 Å². The molecular weight excluding hydrogens is 286 g/mol. The van der Waals surface area contributed by atoms with Crippen molar-refractivity contribution in [2.75, 3.05) is 39.8 Å². The lowest BCUT2D eigenvalue weighted by molar-refractivity contribution is 0.123. The molecule has 23 heavy (non-hydrogen) atoms. The summed E-state index contributed by atoms with van der Waals surface area (Å²) in [6.07, 6.45) is 4.94. The van der Waals surface area contributed by atoms with Crippen LogP contribution in [0.4, 0.5) is 0 Å². The Balaban J connectivity index is 1.49. The van der Waals surface area contributed by atoms with Crippen molar-refractivity contribution >= 4 is 10.9 Å². The first kappa shape index (κ1) is 15.0. The third-order valence-corrected chi connectivity index (χ3v) is 5.39. The van der Waals surface area contributed by atoms with Crippen molar-refractivity contribution in [1.29, 1.82) is 0 Å². The van der Waals surface area contributed by atoms with Crippen LogP contribution in [-0.2, 0) is 6.54 Å². The van der Waals surface area contributed by atoms with Crippen LogP contribution in [0, 0.1) is 12.8 Å².